The summed E-state index contributed by atoms with van der Waals surface area (Å²) in [6.07, 6.45) is 4.47. The number of rotatable bonds is 2. The maximum Gasteiger partial charge on any atom is 0.224 e. The van der Waals surface area contributed by atoms with E-state index in [1.54, 1.807) is 0 Å². The summed E-state index contributed by atoms with van der Waals surface area (Å²) >= 11 is 0. The molecule has 1 unspecified atom stereocenters. The third-order valence-corrected chi connectivity index (χ3v) is 4.33. The van der Waals surface area contributed by atoms with Crippen LogP contribution in [0.5, 0.6) is 0 Å². The van der Waals surface area contributed by atoms with Crippen LogP contribution >= 0.6 is 0 Å². The molecule has 2 rings (SSSR count). The van der Waals surface area contributed by atoms with E-state index in [9.17, 15) is 4.79 Å². The molecule has 0 aromatic carbocycles. The van der Waals surface area contributed by atoms with Crippen molar-refractivity contribution in [1.29, 1.82) is 0 Å². The van der Waals surface area contributed by atoms with Crippen LogP contribution in [0.3, 0.4) is 0 Å². The average molecular weight is 252 g/mol. The molecule has 18 heavy (non-hydrogen) atoms. The second-order valence-corrected chi connectivity index (χ2v) is 7.81. The van der Waals surface area contributed by atoms with E-state index < -0.39 is 0 Å². The molecule has 0 bridgehead atoms. The molecule has 3 nitrogen and oxygen atoms in total. The summed E-state index contributed by atoms with van der Waals surface area (Å²) in [6.45, 7) is 11.1. The molecular formula is C15H28N2O. The fourth-order valence-corrected chi connectivity index (χ4v) is 4.15. The molecule has 1 amide bonds. The predicted octanol–water partition coefficient (Wildman–Crippen LogP) is 2.32. The molecule has 2 N–H and O–H groups in total. The van der Waals surface area contributed by atoms with E-state index in [4.69, 9.17) is 0 Å². The van der Waals surface area contributed by atoms with Crippen LogP contribution in [0.15, 0.2) is 0 Å². The Balaban J connectivity index is 1.94. The van der Waals surface area contributed by atoms with Gasteiger partial charge in [0.2, 0.25) is 5.91 Å². The zero-order valence-corrected chi connectivity index (χ0v) is 12.3. The highest BCUT2D eigenvalue weighted by Gasteiger charge is 2.39. The molecule has 1 aliphatic heterocycles. The molecule has 104 valence electrons. The Morgan fingerprint density at radius 1 is 1.17 bits per heavy atom. The minimum atomic E-state index is 0.193. The molecule has 2 fully saturated rings. The first-order valence-corrected chi connectivity index (χ1v) is 7.29. The standard InChI is InChI=1S/C15H28N2O/c1-14(2)7-12(8-15(3,4)10-14)17-13(18)11-5-6-16-9-11/h11-12,16H,5-10H2,1-4H3,(H,17,18). The highest BCUT2D eigenvalue weighted by Crippen LogP contribution is 2.45. The average Bonchev–Trinajstić information content (AvgIpc) is 2.63. The number of nitrogens with one attached hydrogen (secondary N) is 2. The van der Waals surface area contributed by atoms with Gasteiger partial charge in [-0.2, -0.15) is 0 Å². The molecule has 0 spiro atoms. The Hall–Kier alpha value is -0.570. The molecule has 3 heteroatoms. The lowest BCUT2D eigenvalue weighted by Gasteiger charge is -2.45. The van der Waals surface area contributed by atoms with Crippen molar-refractivity contribution in [2.24, 2.45) is 16.7 Å². The second kappa shape index (κ2) is 4.84. The second-order valence-electron chi connectivity index (χ2n) is 7.81. The van der Waals surface area contributed by atoms with Crippen molar-refractivity contribution < 1.29 is 4.79 Å². The lowest BCUT2D eigenvalue weighted by molar-refractivity contribution is -0.126. The van der Waals surface area contributed by atoms with Gasteiger partial charge in [0.05, 0.1) is 5.92 Å². The number of hydrogen-bond acceptors (Lipinski definition) is 2. The van der Waals surface area contributed by atoms with Crippen molar-refractivity contribution >= 4 is 5.91 Å². The van der Waals surface area contributed by atoms with E-state index in [0.29, 0.717) is 16.9 Å². The van der Waals surface area contributed by atoms with Gasteiger partial charge in [-0.3, -0.25) is 4.79 Å². The molecule has 0 aromatic heterocycles. The quantitative estimate of drug-likeness (QED) is 0.792. The highest BCUT2D eigenvalue weighted by molar-refractivity contribution is 5.79. The molecule has 1 atom stereocenters. The van der Waals surface area contributed by atoms with Crippen LogP contribution in [0.4, 0.5) is 0 Å². The van der Waals surface area contributed by atoms with Crippen molar-refractivity contribution in [2.75, 3.05) is 13.1 Å². The van der Waals surface area contributed by atoms with E-state index in [2.05, 4.69) is 38.3 Å². The molecule has 1 heterocycles. The molecule has 1 saturated heterocycles. The van der Waals surface area contributed by atoms with Crippen LogP contribution < -0.4 is 10.6 Å². The van der Waals surface area contributed by atoms with Crippen LogP contribution in [-0.4, -0.2) is 25.0 Å². The summed E-state index contributed by atoms with van der Waals surface area (Å²) in [7, 11) is 0. The van der Waals surface area contributed by atoms with E-state index >= 15 is 0 Å². The van der Waals surface area contributed by atoms with Gasteiger partial charge < -0.3 is 10.6 Å². The minimum absolute atomic E-state index is 0.193. The molecule has 2 aliphatic rings. The zero-order valence-electron chi connectivity index (χ0n) is 12.3. The van der Waals surface area contributed by atoms with E-state index in [-0.39, 0.29) is 11.8 Å². The van der Waals surface area contributed by atoms with E-state index in [1.807, 2.05) is 0 Å². The van der Waals surface area contributed by atoms with Gasteiger partial charge in [0.25, 0.3) is 0 Å². The van der Waals surface area contributed by atoms with Gasteiger partial charge in [-0.1, -0.05) is 27.7 Å². The summed E-state index contributed by atoms with van der Waals surface area (Å²) in [5.41, 5.74) is 0.682. The molecule has 0 radical (unpaired) electrons. The van der Waals surface area contributed by atoms with Crippen molar-refractivity contribution in [3.63, 3.8) is 0 Å². The Kier molecular flexibility index (Phi) is 3.72. The SMILES string of the molecule is CC1(C)CC(NC(=O)C2CCNC2)CC(C)(C)C1. The van der Waals surface area contributed by atoms with Gasteiger partial charge in [-0.15, -0.1) is 0 Å². The topological polar surface area (TPSA) is 41.1 Å². The molecule has 1 saturated carbocycles. The largest absolute Gasteiger partial charge is 0.353 e. The summed E-state index contributed by atoms with van der Waals surface area (Å²) in [4.78, 5) is 12.2. The van der Waals surface area contributed by atoms with Crippen molar-refractivity contribution in [3.8, 4) is 0 Å². The monoisotopic (exact) mass is 252 g/mol. The van der Waals surface area contributed by atoms with Gasteiger partial charge >= 0.3 is 0 Å². The third kappa shape index (κ3) is 3.47. The fraction of sp³-hybridized carbons (Fsp3) is 0.933. The molecule has 0 aromatic rings. The summed E-state index contributed by atoms with van der Waals surface area (Å²) < 4.78 is 0. The van der Waals surface area contributed by atoms with Crippen molar-refractivity contribution in [2.45, 2.75) is 59.4 Å². The summed E-state index contributed by atoms with van der Waals surface area (Å²) in [6, 6.07) is 0.358. The summed E-state index contributed by atoms with van der Waals surface area (Å²) in [5.74, 6) is 0.455. The first-order valence-electron chi connectivity index (χ1n) is 7.29. The third-order valence-electron chi connectivity index (χ3n) is 4.33. The lowest BCUT2D eigenvalue weighted by atomic mass is 9.63. The Bertz CT molecular complexity index is 300. The van der Waals surface area contributed by atoms with E-state index in [1.165, 1.54) is 6.42 Å². The Labute approximate surface area is 111 Å². The maximum atomic E-state index is 12.2. The fourth-order valence-electron chi connectivity index (χ4n) is 4.15. The zero-order chi connectivity index (χ0) is 13.4. The van der Waals surface area contributed by atoms with Crippen LogP contribution in [0.1, 0.15) is 53.4 Å². The van der Waals surface area contributed by atoms with Crippen molar-refractivity contribution in [1.82, 2.24) is 10.6 Å². The van der Waals surface area contributed by atoms with Crippen molar-refractivity contribution in [3.05, 3.63) is 0 Å². The van der Waals surface area contributed by atoms with Crippen LogP contribution in [0.2, 0.25) is 0 Å². The van der Waals surface area contributed by atoms with Crippen LogP contribution in [0, 0.1) is 16.7 Å². The normalized spacial score (nSPS) is 31.2. The number of carbonyl (C=O) groups excluding carboxylic acids is 1. The highest BCUT2D eigenvalue weighted by atomic mass is 16.2. The minimum Gasteiger partial charge on any atom is -0.353 e. The van der Waals surface area contributed by atoms with Gasteiger partial charge in [0, 0.05) is 12.6 Å². The first-order chi connectivity index (χ1) is 8.27. The Morgan fingerprint density at radius 2 is 1.78 bits per heavy atom. The van der Waals surface area contributed by atoms with Gasteiger partial charge in [-0.25, -0.2) is 0 Å². The number of amides is 1. The predicted molar refractivity (Wildman–Crippen MR) is 74.3 cm³/mol. The van der Waals surface area contributed by atoms with Crippen LogP contribution in [0.25, 0.3) is 0 Å². The molecule has 1 aliphatic carbocycles. The van der Waals surface area contributed by atoms with E-state index in [0.717, 1.165) is 32.4 Å². The first kappa shape index (κ1) is 13.9. The van der Waals surface area contributed by atoms with Gasteiger partial charge in [-0.05, 0) is 43.1 Å². The maximum absolute atomic E-state index is 12.2. The lowest BCUT2D eigenvalue weighted by Crippen LogP contribution is -2.47. The molecular weight excluding hydrogens is 224 g/mol. The van der Waals surface area contributed by atoms with Gasteiger partial charge in [0.15, 0.2) is 0 Å². The summed E-state index contributed by atoms with van der Waals surface area (Å²) in [5, 5.41) is 6.56. The smallest absolute Gasteiger partial charge is 0.224 e. The van der Waals surface area contributed by atoms with Crippen LogP contribution in [-0.2, 0) is 4.79 Å². The Morgan fingerprint density at radius 3 is 2.28 bits per heavy atom. The van der Waals surface area contributed by atoms with Gasteiger partial charge in [0.1, 0.15) is 0 Å². The number of carbonyl (C=O) groups is 1. The number of hydrogen-bond donors (Lipinski definition) is 2.